The molecule has 0 aliphatic heterocycles. The summed E-state index contributed by atoms with van der Waals surface area (Å²) in [6.07, 6.45) is 8.29. The van der Waals surface area contributed by atoms with Crippen molar-refractivity contribution in [3.05, 3.63) is 0 Å². The minimum Gasteiger partial charge on any atom is -0.477 e. The zero-order valence-electron chi connectivity index (χ0n) is 7.23. The third-order valence-electron chi connectivity index (χ3n) is 2.72. The summed E-state index contributed by atoms with van der Waals surface area (Å²) in [6.45, 7) is 2.15. The average molecular weight is 155 g/mol. The van der Waals surface area contributed by atoms with Crippen LogP contribution in [-0.4, -0.2) is 12.0 Å². The maximum Gasteiger partial charge on any atom is 0.167 e. The van der Waals surface area contributed by atoms with Crippen LogP contribution in [0.4, 0.5) is 0 Å². The molecule has 0 aromatic heterocycles. The molecule has 0 radical (unpaired) electrons. The molecule has 1 aliphatic rings. The van der Waals surface area contributed by atoms with Crippen molar-refractivity contribution in [3.8, 4) is 0 Å². The molecule has 0 unspecified atom stereocenters. The van der Waals surface area contributed by atoms with Gasteiger partial charge in [-0.05, 0) is 32.1 Å². The lowest BCUT2D eigenvalue weighted by Crippen LogP contribution is -2.33. The van der Waals surface area contributed by atoms with Gasteiger partial charge in [0, 0.05) is 0 Å². The van der Waals surface area contributed by atoms with Crippen LogP contribution in [0.15, 0.2) is 0 Å². The first-order valence-electron chi connectivity index (χ1n) is 4.50. The van der Waals surface area contributed by atoms with Crippen LogP contribution in [0.25, 0.3) is 0 Å². The van der Waals surface area contributed by atoms with E-state index in [1.165, 1.54) is 19.3 Å². The lowest BCUT2D eigenvalue weighted by Gasteiger charge is -2.34. The molecular weight excluding hydrogens is 138 g/mol. The fraction of sp³-hybridized carbons (Fsp3) is 0.889. The molecule has 0 aromatic carbocycles. The molecule has 1 fully saturated rings. The van der Waals surface area contributed by atoms with Crippen LogP contribution in [-0.2, 0) is 4.74 Å². The Morgan fingerprint density at radius 1 is 1.36 bits per heavy atom. The van der Waals surface area contributed by atoms with Crippen molar-refractivity contribution in [1.82, 2.24) is 0 Å². The van der Waals surface area contributed by atoms with Crippen LogP contribution in [0.3, 0.4) is 0 Å². The monoisotopic (exact) mass is 155 g/mol. The van der Waals surface area contributed by atoms with Gasteiger partial charge in [0.2, 0.25) is 0 Å². The Morgan fingerprint density at radius 3 is 2.45 bits per heavy atom. The first-order valence-corrected chi connectivity index (χ1v) is 4.50. The summed E-state index contributed by atoms with van der Waals surface area (Å²) >= 11 is 0. The van der Waals surface area contributed by atoms with E-state index in [0.29, 0.717) is 0 Å². The lowest BCUT2D eigenvalue weighted by molar-refractivity contribution is 0.0204. The van der Waals surface area contributed by atoms with E-state index in [4.69, 9.17) is 10.1 Å². The minimum atomic E-state index is 0.0278. The van der Waals surface area contributed by atoms with E-state index in [-0.39, 0.29) is 5.60 Å². The Balaban J connectivity index is 2.49. The molecule has 64 valence electrons. The smallest absolute Gasteiger partial charge is 0.167 e. The number of nitrogens with one attached hydrogen (secondary N) is 1. The molecule has 0 saturated heterocycles. The van der Waals surface area contributed by atoms with Gasteiger partial charge in [-0.3, -0.25) is 5.41 Å². The largest absolute Gasteiger partial charge is 0.477 e. The van der Waals surface area contributed by atoms with Crippen molar-refractivity contribution in [3.63, 3.8) is 0 Å². The van der Waals surface area contributed by atoms with Gasteiger partial charge in [-0.15, -0.1) is 0 Å². The summed E-state index contributed by atoms with van der Waals surface area (Å²) in [5.74, 6) is 0. The third kappa shape index (κ3) is 1.95. The third-order valence-corrected chi connectivity index (χ3v) is 2.72. The van der Waals surface area contributed by atoms with E-state index in [9.17, 15) is 0 Å². The van der Waals surface area contributed by atoms with Crippen LogP contribution in [0.2, 0.25) is 0 Å². The van der Waals surface area contributed by atoms with Gasteiger partial charge in [-0.25, -0.2) is 0 Å². The van der Waals surface area contributed by atoms with Gasteiger partial charge in [-0.2, -0.15) is 0 Å². The fourth-order valence-electron chi connectivity index (χ4n) is 1.88. The maximum absolute atomic E-state index is 6.92. The van der Waals surface area contributed by atoms with Gasteiger partial charge < -0.3 is 4.74 Å². The predicted octanol–water partition coefficient (Wildman–Crippen LogP) is 2.72. The molecule has 1 saturated carbocycles. The quantitative estimate of drug-likeness (QED) is 0.493. The zero-order valence-corrected chi connectivity index (χ0v) is 7.23. The molecular formula is C9H17NO. The first kappa shape index (κ1) is 8.57. The number of hydrogen-bond acceptors (Lipinski definition) is 2. The van der Waals surface area contributed by atoms with Crippen molar-refractivity contribution < 1.29 is 4.74 Å². The second-order valence-electron chi connectivity index (χ2n) is 3.33. The maximum atomic E-state index is 6.92. The van der Waals surface area contributed by atoms with Gasteiger partial charge in [-0.1, -0.05) is 13.3 Å². The summed E-state index contributed by atoms with van der Waals surface area (Å²) in [6, 6.07) is 0. The topological polar surface area (TPSA) is 33.1 Å². The molecule has 0 amide bonds. The number of hydrogen-bond donors (Lipinski definition) is 1. The minimum absolute atomic E-state index is 0.0278. The molecule has 11 heavy (non-hydrogen) atoms. The summed E-state index contributed by atoms with van der Waals surface area (Å²) in [7, 11) is 0. The Morgan fingerprint density at radius 2 is 2.00 bits per heavy atom. The van der Waals surface area contributed by atoms with Crippen LogP contribution in [0, 0.1) is 5.41 Å². The Hall–Kier alpha value is -0.530. The molecule has 0 aromatic rings. The van der Waals surface area contributed by atoms with Crippen LogP contribution in [0.5, 0.6) is 0 Å². The normalized spacial score (nSPS) is 22.6. The predicted molar refractivity (Wildman–Crippen MR) is 46.0 cm³/mol. The highest BCUT2D eigenvalue weighted by molar-refractivity contribution is 5.42. The van der Waals surface area contributed by atoms with Gasteiger partial charge in [0.05, 0.1) is 0 Å². The molecule has 0 bridgehead atoms. The number of ether oxygens (including phenoxy) is 1. The van der Waals surface area contributed by atoms with Crippen LogP contribution < -0.4 is 0 Å². The molecule has 1 aliphatic carbocycles. The molecule has 1 N–H and O–H groups in total. The Bertz CT molecular complexity index is 128. The standard InChI is InChI=1S/C9H17NO/c1-2-9(11-8-10)6-4-3-5-7-9/h8,10H,2-7H2,1H3. The van der Waals surface area contributed by atoms with Gasteiger partial charge in [0.25, 0.3) is 0 Å². The first-order chi connectivity index (χ1) is 5.33. The summed E-state index contributed by atoms with van der Waals surface area (Å²) in [5, 5.41) is 6.92. The van der Waals surface area contributed by atoms with Crippen LogP contribution in [0.1, 0.15) is 45.4 Å². The summed E-state index contributed by atoms with van der Waals surface area (Å²) < 4.78 is 5.36. The van der Waals surface area contributed by atoms with Gasteiger partial charge >= 0.3 is 0 Å². The lowest BCUT2D eigenvalue weighted by atomic mass is 9.83. The second kappa shape index (κ2) is 3.74. The van der Waals surface area contributed by atoms with Crippen LogP contribution >= 0.6 is 0 Å². The zero-order chi connectivity index (χ0) is 8.16. The summed E-state index contributed by atoms with van der Waals surface area (Å²) in [5.41, 5.74) is 0.0278. The molecule has 0 spiro atoms. The fourth-order valence-corrected chi connectivity index (χ4v) is 1.88. The average Bonchev–Trinajstić information content (AvgIpc) is 2.07. The van der Waals surface area contributed by atoms with Crippen molar-refractivity contribution in [2.24, 2.45) is 0 Å². The van der Waals surface area contributed by atoms with E-state index >= 15 is 0 Å². The highest BCUT2D eigenvalue weighted by Crippen LogP contribution is 2.33. The van der Waals surface area contributed by atoms with Gasteiger partial charge in [0.15, 0.2) is 6.40 Å². The van der Waals surface area contributed by atoms with Gasteiger partial charge in [0.1, 0.15) is 5.60 Å². The molecule has 0 atom stereocenters. The summed E-state index contributed by atoms with van der Waals surface area (Å²) in [4.78, 5) is 0. The van der Waals surface area contributed by atoms with Crippen molar-refractivity contribution in [2.45, 2.75) is 51.0 Å². The highest BCUT2D eigenvalue weighted by Gasteiger charge is 2.30. The molecule has 0 heterocycles. The Labute approximate surface area is 68.5 Å². The van der Waals surface area contributed by atoms with E-state index in [1.54, 1.807) is 0 Å². The van der Waals surface area contributed by atoms with Crippen molar-refractivity contribution in [2.75, 3.05) is 0 Å². The Kier molecular flexibility index (Phi) is 2.92. The van der Waals surface area contributed by atoms with E-state index in [2.05, 4.69) is 6.92 Å². The SMILES string of the molecule is CCC1(OC=N)CCCCC1. The molecule has 2 nitrogen and oxygen atoms in total. The van der Waals surface area contributed by atoms with E-state index in [0.717, 1.165) is 25.7 Å². The highest BCUT2D eigenvalue weighted by atomic mass is 16.5. The van der Waals surface area contributed by atoms with Crippen molar-refractivity contribution in [1.29, 1.82) is 5.41 Å². The van der Waals surface area contributed by atoms with E-state index in [1.807, 2.05) is 0 Å². The van der Waals surface area contributed by atoms with Crippen molar-refractivity contribution >= 4 is 6.40 Å². The molecule has 2 heteroatoms. The number of rotatable bonds is 3. The molecule has 1 rings (SSSR count). The second-order valence-corrected chi connectivity index (χ2v) is 3.33. The van der Waals surface area contributed by atoms with E-state index < -0.39 is 0 Å².